The van der Waals surface area contributed by atoms with E-state index in [9.17, 15) is 15.0 Å². The summed E-state index contributed by atoms with van der Waals surface area (Å²) in [6.07, 6.45) is 3.80. The fraction of sp³-hybridized carbons (Fsp3) is 0.533. The van der Waals surface area contributed by atoms with Crippen molar-refractivity contribution in [2.24, 2.45) is 0 Å². The first-order chi connectivity index (χ1) is 9.67. The van der Waals surface area contributed by atoms with Crippen molar-refractivity contribution in [3.8, 4) is 11.5 Å². The molecule has 0 saturated carbocycles. The second-order valence-electron chi connectivity index (χ2n) is 5.07. The van der Waals surface area contributed by atoms with Gasteiger partial charge in [0.15, 0.2) is 0 Å². The number of aromatic hydroxyl groups is 1. The van der Waals surface area contributed by atoms with E-state index in [4.69, 9.17) is 4.74 Å². The number of carbonyl (C=O) groups is 1. The van der Waals surface area contributed by atoms with Crippen LogP contribution < -0.4 is 4.74 Å². The maximum absolute atomic E-state index is 12.6. The van der Waals surface area contributed by atoms with Crippen molar-refractivity contribution in [1.29, 1.82) is 0 Å². The second-order valence-corrected chi connectivity index (χ2v) is 5.07. The van der Waals surface area contributed by atoms with Crippen molar-refractivity contribution < 1.29 is 19.7 Å². The van der Waals surface area contributed by atoms with Crippen LogP contribution >= 0.6 is 0 Å². The van der Waals surface area contributed by atoms with Gasteiger partial charge in [0.05, 0.1) is 25.3 Å². The summed E-state index contributed by atoms with van der Waals surface area (Å²) in [6.45, 7) is 0.567. The van der Waals surface area contributed by atoms with Crippen molar-refractivity contribution in [1.82, 2.24) is 4.90 Å². The number of methoxy groups -OCH3 is 1. The number of nitrogens with zero attached hydrogens (tertiary/aromatic N) is 1. The van der Waals surface area contributed by atoms with Gasteiger partial charge in [0, 0.05) is 6.54 Å². The van der Waals surface area contributed by atoms with Gasteiger partial charge in [-0.05, 0) is 31.0 Å². The van der Waals surface area contributed by atoms with Crippen molar-refractivity contribution in [3.05, 3.63) is 23.8 Å². The number of phenolic OH excluding ortho intramolecular Hbond substituents is 1. The maximum atomic E-state index is 12.6. The van der Waals surface area contributed by atoms with Gasteiger partial charge < -0.3 is 19.8 Å². The Kier molecular flexibility index (Phi) is 4.84. The van der Waals surface area contributed by atoms with Crippen LogP contribution in [0.5, 0.6) is 11.5 Å². The lowest BCUT2D eigenvalue weighted by Gasteiger charge is -2.29. The Bertz CT molecular complexity index is 475. The Morgan fingerprint density at radius 1 is 1.40 bits per heavy atom. The molecule has 0 spiro atoms. The Labute approximate surface area is 118 Å². The van der Waals surface area contributed by atoms with Crippen LogP contribution in [-0.4, -0.2) is 47.3 Å². The predicted octanol–water partition coefficient (Wildman–Crippen LogP) is 1.78. The molecule has 1 aliphatic heterocycles. The van der Waals surface area contributed by atoms with Crippen LogP contribution in [0.25, 0.3) is 0 Å². The zero-order valence-electron chi connectivity index (χ0n) is 11.7. The van der Waals surface area contributed by atoms with Gasteiger partial charge in [0.2, 0.25) is 0 Å². The summed E-state index contributed by atoms with van der Waals surface area (Å²) >= 11 is 0. The normalized spacial score (nSPS) is 19.5. The molecule has 0 radical (unpaired) electrons. The smallest absolute Gasteiger partial charge is 0.258 e. The zero-order valence-corrected chi connectivity index (χ0v) is 11.7. The summed E-state index contributed by atoms with van der Waals surface area (Å²) in [6, 6.07) is 4.43. The molecule has 0 bridgehead atoms. The first kappa shape index (κ1) is 14.7. The molecule has 5 nitrogen and oxygen atoms in total. The number of likely N-dealkylation sites (tertiary alicyclic amines) is 1. The van der Waals surface area contributed by atoms with Crippen molar-refractivity contribution in [2.75, 3.05) is 20.3 Å². The number of hydrogen-bond donors (Lipinski definition) is 2. The molecule has 1 amide bonds. The number of aliphatic hydroxyl groups is 1. The van der Waals surface area contributed by atoms with Crippen molar-refractivity contribution in [3.63, 3.8) is 0 Å². The molecule has 1 aliphatic rings. The molecule has 1 fully saturated rings. The molecular weight excluding hydrogens is 258 g/mol. The van der Waals surface area contributed by atoms with E-state index in [0.29, 0.717) is 12.3 Å². The first-order valence-electron chi connectivity index (χ1n) is 6.96. The van der Waals surface area contributed by atoms with E-state index >= 15 is 0 Å². The predicted molar refractivity (Wildman–Crippen MR) is 75.0 cm³/mol. The van der Waals surface area contributed by atoms with Gasteiger partial charge >= 0.3 is 0 Å². The van der Waals surface area contributed by atoms with Crippen LogP contribution in [0.2, 0.25) is 0 Å². The van der Waals surface area contributed by atoms with Crippen LogP contribution in [0, 0.1) is 0 Å². The molecule has 1 aromatic carbocycles. The Balaban J connectivity index is 2.28. The van der Waals surface area contributed by atoms with Crippen LogP contribution in [0.1, 0.15) is 36.0 Å². The average Bonchev–Trinajstić information content (AvgIpc) is 2.72. The summed E-state index contributed by atoms with van der Waals surface area (Å²) in [5.41, 5.74) is 0.227. The lowest BCUT2D eigenvalue weighted by atomic mass is 10.1. The van der Waals surface area contributed by atoms with Gasteiger partial charge in [-0.3, -0.25) is 4.79 Å². The summed E-state index contributed by atoms with van der Waals surface area (Å²) in [5.74, 6) is 0.223. The largest absolute Gasteiger partial charge is 0.507 e. The topological polar surface area (TPSA) is 70.0 Å². The van der Waals surface area contributed by atoms with E-state index in [1.807, 2.05) is 0 Å². The van der Waals surface area contributed by atoms with Gasteiger partial charge in [-0.1, -0.05) is 12.8 Å². The van der Waals surface area contributed by atoms with Crippen molar-refractivity contribution >= 4 is 5.91 Å². The number of rotatable bonds is 3. The van der Waals surface area contributed by atoms with Crippen LogP contribution in [0.15, 0.2) is 18.2 Å². The Hall–Kier alpha value is -1.75. The molecule has 5 heteroatoms. The van der Waals surface area contributed by atoms with Crippen molar-refractivity contribution in [2.45, 2.75) is 31.7 Å². The van der Waals surface area contributed by atoms with E-state index in [2.05, 4.69) is 0 Å². The summed E-state index contributed by atoms with van der Waals surface area (Å²) in [7, 11) is 1.52. The third kappa shape index (κ3) is 3.04. The monoisotopic (exact) mass is 279 g/mol. The molecule has 1 atom stereocenters. The molecular formula is C15H21NO4. The molecule has 20 heavy (non-hydrogen) atoms. The number of amides is 1. The summed E-state index contributed by atoms with van der Waals surface area (Å²) < 4.78 is 5.09. The number of ether oxygens (including phenoxy) is 1. The molecule has 2 rings (SSSR count). The third-order valence-electron chi connectivity index (χ3n) is 3.78. The minimum atomic E-state index is -0.248. The number of carbonyl (C=O) groups excluding carboxylic acids is 1. The fourth-order valence-corrected chi connectivity index (χ4v) is 2.60. The maximum Gasteiger partial charge on any atom is 0.258 e. The molecule has 1 heterocycles. The highest BCUT2D eigenvalue weighted by Crippen LogP contribution is 2.26. The molecule has 1 aromatic rings. The van der Waals surface area contributed by atoms with E-state index in [1.165, 1.54) is 19.2 Å². The molecule has 1 unspecified atom stereocenters. The van der Waals surface area contributed by atoms with E-state index < -0.39 is 0 Å². The summed E-state index contributed by atoms with van der Waals surface area (Å²) in [5, 5.41) is 19.4. The molecule has 1 saturated heterocycles. The molecule has 0 aliphatic carbocycles. The van der Waals surface area contributed by atoms with E-state index in [-0.39, 0.29) is 29.9 Å². The number of hydrogen-bond acceptors (Lipinski definition) is 4. The molecule has 2 N–H and O–H groups in total. The fourth-order valence-electron chi connectivity index (χ4n) is 2.60. The van der Waals surface area contributed by atoms with Gasteiger partial charge in [-0.2, -0.15) is 0 Å². The highest BCUT2D eigenvalue weighted by atomic mass is 16.5. The summed E-state index contributed by atoms with van der Waals surface area (Å²) in [4.78, 5) is 14.3. The van der Waals surface area contributed by atoms with Crippen LogP contribution in [-0.2, 0) is 0 Å². The van der Waals surface area contributed by atoms with Crippen LogP contribution in [0.4, 0.5) is 0 Å². The molecule has 0 aromatic heterocycles. The van der Waals surface area contributed by atoms with Gasteiger partial charge in [0.1, 0.15) is 11.5 Å². The quantitative estimate of drug-likeness (QED) is 0.885. The second kappa shape index (κ2) is 6.61. The van der Waals surface area contributed by atoms with Gasteiger partial charge in [0.25, 0.3) is 5.91 Å². The number of benzene rings is 1. The van der Waals surface area contributed by atoms with Gasteiger partial charge in [-0.25, -0.2) is 0 Å². The minimum Gasteiger partial charge on any atom is -0.507 e. The zero-order chi connectivity index (χ0) is 14.5. The highest BCUT2D eigenvalue weighted by molar-refractivity contribution is 5.97. The highest BCUT2D eigenvalue weighted by Gasteiger charge is 2.27. The van der Waals surface area contributed by atoms with E-state index in [1.54, 1.807) is 11.0 Å². The average molecular weight is 279 g/mol. The lowest BCUT2D eigenvalue weighted by Crippen LogP contribution is -2.42. The minimum absolute atomic E-state index is 0.0452. The SMILES string of the molecule is COc1ccc(O)c(C(=O)N2CCCCCC2CO)c1. The molecule has 110 valence electrons. The first-order valence-corrected chi connectivity index (χ1v) is 6.96. The Morgan fingerprint density at radius 2 is 2.20 bits per heavy atom. The number of phenols is 1. The lowest BCUT2D eigenvalue weighted by molar-refractivity contribution is 0.0596. The Morgan fingerprint density at radius 3 is 2.90 bits per heavy atom. The standard InChI is InChI=1S/C15H21NO4/c1-20-12-6-7-14(18)13(9-12)15(19)16-8-4-2-3-5-11(16)10-17/h6-7,9,11,17-18H,2-5,8,10H2,1H3. The number of aliphatic hydroxyl groups excluding tert-OH is 1. The van der Waals surface area contributed by atoms with Gasteiger partial charge in [-0.15, -0.1) is 0 Å². The third-order valence-corrected chi connectivity index (χ3v) is 3.78. The van der Waals surface area contributed by atoms with Crippen LogP contribution in [0.3, 0.4) is 0 Å². The van der Waals surface area contributed by atoms with E-state index in [0.717, 1.165) is 25.7 Å².